The summed E-state index contributed by atoms with van der Waals surface area (Å²) in [5.74, 6) is 0.974. The van der Waals surface area contributed by atoms with Crippen molar-refractivity contribution < 1.29 is 9.30 Å². The van der Waals surface area contributed by atoms with Crippen molar-refractivity contribution in [2.24, 2.45) is 0 Å². The Labute approximate surface area is 132 Å². The van der Waals surface area contributed by atoms with Crippen LogP contribution in [0.25, 0.3) is 0 Å². The van der Waals surface area contributed by atoms with Gasteiger partial charge in [0.1, 0.15) is 6.23 Å². The van der Waals surface area contributed by atoms with Gasteiger partial charge in [0.15, 0.2) is 0 Å². The molecule has 1 aliphatic rings. The van der Waals surface area contributed by atoms with Crippen LogP contribution in [0.2, 0.25) is 0 Å². The largest absolute Gasteiger partial charge is 0.363 e. The third-order valence-electron chi connectivity index (χ3n) is 3.56. The van der Waals surface area contributed by atoms with Crippen LogP contribution in [0, 0.1) is 0 Å². The van der Waals surface area contributed by atoms with Crippen molar-refractivity contribution in [3.8, 4) is 0 Å². The second-order valence-corrected chi connectivity index (χ2v) is 8.54. The number of rotatable bonds is 10. The van der Waals surface area contributed by atoms with E-state index in [1.54, 1.807) is 0 Å². The lowest BCUT2D eigenvalue weighted by molar-refractivity contribution is 0.0306. The summed E-state index contributed by atoms with van der Waals surface area (Å²) in [6.45, 7) is 3.42. The highest BCUT2D eigenvalue weighted by molar-refractivity contribution is 7.60. The van der Waals surface area contributed by atoms with E-state index in [4.69, 9.17) is 27.9 Å². The second kappa shape index (κ2) is 10.4. The summed E-state index contributed by atoms with van der Waals surface area (Å²) in [6.07, 6.45) is 5.80. The maximum atomic E-state index is 13.0. The van der Waals surface area contributed by atoms with Crippen LogP contribution in [-0.4, -0.2) is 36.8 Å². The first-order valence-electron chi connectivity index (χ1n) is 7.52. The molecule has 2 N–H and O–H groups in total. The third-order valence-corrected chi connectivity index (χ3v) is 6.88. The Bertz CT molecular complexity index is 306. The van der Waals surface area contributed by atoms with Crippen LogP contribution in [0.15, 0.2) is 0 Å². The van der Waals surface area contributed by atoms with Crippen LogP contribution in [0.5, 0.6) is 0 Å². The quantitative estimate of drug-likeness (QED) is 0.358. The van der Waals surface area contributed by atoms with Crippen molar-refractivity contribution in [3.63, 3.8) is 0 Å². The summed E-state index contributed by atoms with van der Waals surface area (Å²) >= 11 is 11.5. The van der Waals surface area contributed by atoms with Crippen LogP contribution >= 0.6 is 30.6 Å². The van der Waals surface area contributed by atoms with Gasteiger partial charge in [-0.25, -0.2) is 5.09 Å². The third kappa shape index (κ3) is 6.21. The van der Waals surface area contributed by atoms with Crippen molar-refractivity contribution in [2.75, 3.05) is 24.9 Å². The molecule has 0 aromatic heterocycles. The molecule has 0 aromatic rings. The number of ether oxygens (including phenoxy) is 1. The Balaban J connectivity index is 2.49. The van der Waals surface area contributed by atoms with Gasteiger partial charge in [-0.3, -0.25) is 9.65 Å². The lowest BCUT2D eigenvalue weighted by Gasteiger charge is -2.37. The van der Waals surface area contributed by atoms with Crippen molar-refractivity contribution in [1.82, 2.24) is 10.2 Å². The number of nitrogens with one attached hydrogen (secondary N) is 2. The summed E-state index contributed by atoms with van der Waals surface area (Å²) in [5.41, 5.74) is 0.0821. The maximum absolute atomic E-state index is 13.0. The summed E-state index contributed by atoms with van der Waals surface area (Å²) in [5, 5.41) is 6.27. The van der Waals surface area contributed by atoms with Crippen LogP contribution < -0.4 is 10.2 Å². The standard InChI is InChI=1S/C13H27Cl2N2O2P/c1-2-3-4-11-19-13-6-5-12(7-8-14)20(18,17-13)16-10-9-15/h12-13H,2-11H2,1H3,(H2,16,17,18). The van der Waals surface area contributed by atoms with E-state index in [-0.39, 0.29) is 11.9 Å². The molecule has 0 bridgehead atoms. The second-order valence-electron chi connectivity index (χ2n) is 5.16. The van der Waals surface area contributed by atoms with Crippen LogP contribution in [0.3, 0.4) is 0 Å². The zero-order chi connectivity index (χ0) is 14.8. The smallest absolute Gasteiger partial charge is 0.216 e. The Morgan fingerprint density at radius 3 is 2.75 bits per heavy atom. The van der Waals surface area contributed by atoms with E-state index in [2.05, 4.69) is 17.1 Å². The zero-order valence-electron chi connectivity index (χ0n) is 12.2. The molecule has 1 aliphatic heterocycles. The van der Waals surface area contributed by atoms with E-state index < -0.39 is 7.44 Å². The highest BCUT2D eigenvalue weighted by Gasteiger charge is 2.38. The van der Waals surface area contributed by atoms with E-state index >= 15 is 0 Å². The number of hydrogen-bond donors (Lipinski definition) is 2. The van der Waals surface area contributed by atoms with Gasteiger partial charge in [0.05, 0.1) is 0 Å². The van der Waals surface area contributed by atoms with Gasteiger partial charge in [-0.1, -0.05) is 19.8 Å². The fraction of sp³-hybridized carbons (Fsp3) is 1.00. The summed E-state index contributed by atoms with van der Waals surface area (Å²) < 4.78 is 18.8. The van der Waals surface area contributed by atoms with Gasteiger partial charge >= 0.3 is 0 Å². The maximum Gasteiger partial charge on any atom is 0.216 e. The number of halogens is 2. The first-order chi connectivity index (χ1) is 9.66. The van der Waals surface area contributed by atoms with Crippen LogP contribution in [-0.2, 0) is 9.30 Å². The number of unbranched alkanes of at least 4 members (excludes halogenated alkanes) is 2. The summed E-state index contributed by atoms with van der Waals surface area (Å²) in [6, 6.07) is 0. The van der Waals surface area contributed by atoms with E-state index in [1.807, 2.05) is 0 Å². The zero-order valence-corrected chi connectivity index (χ0v) is 14.7. The van der Waals surface area contributed by atoms with Gasteiger partial charge in [-0.05, 0) is 25.7 Å². The van der Waals surface area contributed by atoms with Gasteiger partial charge in [0.25, 0.3) is 0 Å². The number of alkyl halides is 2. The van der Waals surface area contributed by atoms with Gasteiger partial charge in [-0.15, -0.1) is 23.2 Å². The fourth-order valence-corrected chi connectivity index (χ4v) is 5.73. The topological polar surface area (TPSA) is 50.4 Å². The van der Waals surface area contributed by atoms with Crippen molar-refractivity contribution in [2.45, 2.75) is 57.3 Å². The minimum Gasteiger partial charge on any atom is -0.363 e. The Morgan fingerprint density at radius 2 is 2.10 bits per heavy atom. The molecule has 3 atom stereocenters. The van der Waals surface area contributed by atoms with E-state index in [0.717, 1.165) is 32.3 Å². The first kappa shape index (κ1) is 18.7. The average Bonchev–Trinajstić information content (AvgIpc) is 2.44. The van der Waals surface area contributed by atoms with E-state index in [9.17, 15) is 4.57 Å². The van der Waals surface area contributed by atoms with Crippen molar-refractivity contribution in [3.05, 3.63) is 0 Å². The minimum absolute atomic E-state index is 0.0821. The molecule has 1 fully saturated rings. The molecule has 1 saturated heterocycles. The predicted octanol–water partition coefficient (Wildman–Crippen LogP) is 3.92. The van der Waals surface area contributed by atoms with Crippen LogP contribution in [0.1, 0.15) is 45.4 Å². The summed E-state index contributed by atoms with van der Waals surface area (Å²) in [4.78, 5) is 0. The molecular formula is C13H27Cl2N2O2P. The Hall–Kier alpha value is 0.690. The molecule has 0 amide bonds. The molecular weight excluding hydrogens is 318 g/mol. The molecule has 0 aromatic carbocycles. The molecule has 4 nitrogen and oxygen atoms in total. The highest BCUT2D eigenvalue weighted by atomic mass is 35.5. The molecule has 0 spiro atoms. The molecule has 1 rings (SSSR count). The fourth-order valence-electron chi connectivity index (χ4n) is 2.44. The Kier molecular flexibility index (Phi) is 9.76. The molecule has 1 heterocycles. The highest BCUT2D eigenvalue weighted by Crippen LogP contribution is 2.50. The Morgan fingerprint density at radius 1 is 1.30 bits per heavy atom. The van der Waals surface area contributed by atoms with Gasteiger partial charge in [0, 0.05) is 30.6 Å². The molecule has 0 aliphatic carbocycles. The van der Waals surface area contributed by atoms with Crippen molar-refractivity contribution in [1.29, 1.82) is 0 Å². The van der Waals surface area contributed by atoms with Gasteiger partial charge < -0.3 is 4.74 Å². The minimum atomic E-state index is -2.66. The molecule has 0 radical (unpaired) electrons. The molecule has 120 valence electrons. The lowest BCUT2D eigenvalue weighted by atomic mass is 10.2. The van der Waals surface area contributed by atoms with Gasteiger partial charge in [-0.2, -0.15) is 0 Å². The molecule has 7 heteroatoms. The van der Waals surface area contributed by atoms with Crippen LogP contribution in [0.4, 0.5) is 0 Å². The average molecular weight is 345 g/mol. The SMILES string of the molecule is CCCCCOC1CCC(CCCl)P(=O)(NCCCl)N1. The first-order valence-corrected chi connectivity index (χ1v) is 10.4. The molecule has 0 saturated carbocycles. The van der Waals surface area contributed by atoms with E-state index in [0.29, 0.717) is 18.3 Å². The normalized spacial score (nSPS) is 30.6. The monoisotopic (exact) mass is 344 g/mol. The lowest BCUT2D eigenvalue weighted by Crippen LogP contribution is -2.43. The molecule has 3 unspecified atom stereocenters. The number of hydrogen-bond acceptors (Lipinski definition) is 2. The predicted molar refractivity (Wildman–Crippen MR) is 87.1 cm³/mol. The molecule has 20 heavy (non-hydrogen) atoms. The van der Waals surface area contributed by atoms with E-state index in [1.165, 1.54) is 12.8 Å². The van der Waals surface area contributed by atoms with Gasteiger partial charge in [0.2, 0.25) is 7.44 Å². The van der Waals surface area contributed by atoms with Crippen molar-refractivity contribution >= 4 is 30.6 Å². The summed E-state index contributed by atoms with van der Waals surface area (Å²) in [7, 11) is -2.66.